The largest absolute Gasteiger partial charge is 0.502 e. The molecule has 1 saturated heterocycles. The molecule has 0 bridgehead atoms. The van der Waals surface area contributed by atoms with E-state index >= 15 is 0 Å². The fourth-order valence-corrected chi connectivity index (χ4v) is 4.20. The Hall–Kier alpha value is -2.73. The van der Waals surface area contributed by atoms with E-state index < -0.39 is 0 Å². The van der Waals surface area contributed by atoms with E-state index in [4.69, 9.17) is 9.47 Å². The van der Waals surface area contributed by atoms with Crippen LogP contribution < -0.4 is 14.4 Å². The first-order chi connectivity index (χ1) is 14.5. The van der Waals surface area contributed by atoms with Crippen molar-refractivity contribution in [3.8, 4) is 17.2 Å². The molecular formula is C24H33N2O4+. The number of nitrogens with one attached hydrogen (secondary N) is 1. The lowest BCUT2D eigenvalue weighted by Crippen LogP contribution is -3.11. The Balaban J connectivity index is 1.57. The second-order valence-electron chi connectivity index (χ2n) is 7.89. The smallest absolute Gasteiger partial charge is 0.226 e. The summed E-state index contributed by atoms with van der Waals surface area (Å²) in [7, 11) is 3.08. The number of methoxy groups -OCH3 is 2. The molecule has 0 saturated carbocycles. The summed E-state index contributed by atoms with van der Waals surface area (Å²) < 4.78 is 10.5. The number of phenolic OH excluding ortho intramolecular Hbond substituents is 1. The molecule has 0 aliphatic carbocycles. The number of benzene rings is 2. The van der Waals surface area contributed by atoms with E-state index in [2.05, 4.69) is 12.1 Å². The van der Waals surface area contributed by atoms with Gasteiger partial charge in [0.1, 0.15) is 6.54 Å². The molecule has 30 heavy (non-hydrogen) atoms. The highest BCUT2D eigenvalue weighted by atomic mass is 16.5. The van der Waals surface area contributed by atoms with E-state index in [9.17, 15) is 9.90 Å². The van der Waals surface area contributed by atoms with Gasteiger partial charge in [0.05, 0.1) is 27.3 Å². The highest BCUT2D eigenvalue weighted by molar-refractivity contribution is 5.78. The summed E-state index contributed by atoms with van der Waals surface area (Å²) in [6.07, 6.45) is 1.79. The lowest BCUT2D eigenvalue weighted by atomic mass is 9.94. The molecule has 0 radical (unpaired) electrons. The van der Waals surface area contributed by atoms with E-state index in [-0.39, 0.29) is 17.6 Å². The summed E-state index contributed by atoms with van der Waals surface area (Å²) in [6, 6.07) is 13.9. The maximum atomic E-state index is 13.1. The number of nitrogens with zero attached hydrogens (tertiary/aromatic N) is 1. The van der Waals surface area contributed by atoms with E-state index in [1.54, 1.807) is 0 Å². The predicted molar refractivity (Wildman–Crippen MR) is 116 cm³/mol. The maximum absolute atomic E-state index is 13.1. The molecule has 6 nitrogen and oxygen atoms in total. The van der Waals surface area contributed by atoms with E-state index in [1.165, 1.54) is 24.7 Å². The van der Waals surface area contributed by atoms with Crippen molar-refractivity contribution in [2.24, 2.45) is 5.92 Å². The van der Waals surface area contributed by atoms with Crippen LogP contribution in [0, 0.1) is 5.92 Å². The number of quaternary nitrogens is 1. The molecule has 0 aromatic heterocycles. The zero-order valence-electron chi connectivity index (χ0n) is 18.2. The van der Waals surface area contributed by atoms with E-state index in [0.717, 1.165) is 44.6 Å². The van der Waals surface area contributed by atoms with Crippen LogP contribution in [0.3, 0.4) is 0 Å². The van der Waals surface area contributed by atoms with Gasteiger partial charge in [-0.1, -0.05) is 30.3 Å². The quantitative estimate of drug-likeness (QED) is 0.697. The van der Waals surface area contributed by atoms with Crippen molar-refractivity contribution in [3.63, 3.8) is 0 Å². The Morgan fingerprint density at radius 2 is 1.67 bits per heavy atom. The summed E-state index contributed by atoms with van der Waals surface area (Å²) >= 11 is 0. The SMILES string of the molecule is CCN(Cc1ccccc1)C(=O)C1CC[NH+](Cc2cc(OC)c(O)c(OC)c2)CC1. The van der Waals surface area contributed by atoms with Gasteiger partial charge in [-0.2, -0.15) is 0 Å². The molecule has 1 fully saturated rings. The first kappa shape index (κ1) is 22.0. The van der Waals surface area contributed by atoms with Crippen molar-refractivity contribution >= 4 is 5.91 Å². The zero-order valence-corrected chi connectivity index (χ0v) is 18.2. The first-order valence-electron chi connectivity index (χ1n) is 10.7. The number of ether oxygens (including phenoxy) is 2. The number of carbonyl (C=O) groups is 1. The molecule has 1 heterocycles. The molecule has 2 N–H and O–H groups in total. The van der Waals surface area contributed by atoms with Crippen LogP contribution in [0.1, 0.15) is 30.9 Å². The third-order valence-electron chi connectivity index (χ3n) is 5.95. The highest BCUT2D eigenvalue weighted by Gasteiger charge is 2.30. The predicted octanol–water partition coefficient (Wildman–Crippen LogP) is 2.25. The Morgan fingerprint density at radius 3 is 2.20 bits per heavy atom. The van der Waals surface area contributed by atoms with Crippen LogP contribution in [0.15, 0.2) is 42.5 Å². The summed E-state index contributed by atoms with van der Waals surface area (Å²) in [6.45, 7) is 6.17. The van der Waals surface area contributed by atoms with Crippen molar-refractivity contribution in [2.75, 3.05) is 33.9 Å². The van der Waals surface area contributed by atoms with Crippen LogP contribution in [0.2, 0.25) is 0 Å². The van der Waals surface area contributed by atoms with Gasteiger partial charge in [-0.15, -0.1) is 0 Å². The number of likely N-dealkylation sites (tertiary alicyclic amines) is 1. The molecule has 3 rings (SSSR count). The molecule has 1 aliphatic rings. The molecule has 0 spiro atoms. The van der Waals surface area contributed by atoms with Crippen molar-refractivity contribution < 1.29 is 24.3 Å². The highest BCUT2D eigenvalue weighted by Crippen LogP contribution is 2.36. The number of hydrogen-bond donors (Lipinski definition) is 2. The first-order valence-corrected chi connectivity index (χ1v) is 10.7. The lowest BCUT2D eigenvalue weighted by molar-refractivity contribution is -0.919. The summed E-state index contributed by atoms with van der Waals surface area (Å²) in [5, 5.41) is 10.1. The number of piperidine rings is 1. The Morgan fingerprint density at radius 1 is 1.07 bits per heavy atom. The molecule has 2 aromatic carbocycles. The van der Waals surface area contributed by atoms with Crippen LogP contribution >= 0.6 is 0 Å². The van der Waals surface area contributed by atoms with Crippen LogP contribution in [0.25, 0.3) is 0 Å². The molecule has 162 valence electrons. The third-order valence-corrected chi connectivity index (χ3v) is 5.95. The number of phenols is 1. The zero-order chi connectivity index (χ0) is 21.5. The average molecular weight is 414 g/mol. The van der Waals surface area contributed by atoms with Gasteiger partial charge in [0.25, 0.3) is 0 Å². The number of carbonyl (C=O) groups excluding carboxylic acids is 1. The van der Waals surface area contributed by atoms with Crippen LogP contribution in [0.4, 0.5) is 0 Å². The fraction of sp³-hybridized carbons (Fsp3) is 0.458. The normalized spacial score (nSPS) is 18.6. The second-order valence-corrected chi connectivity index (χ2v) is 7.89. The molecule has 0 atom stereocenters. The van der Waals surface area contributed by atoms with Gasteiger partial charge >= 0.3 is 0 Å². The molecule has 2 aromatic rings. The van der Waals surface area contributed by atoms with Crippen LogP contribution in [0.5, 0.6) is 17.2 Å². The number of amides is 1. The lowest BCUT2D eigenvalue weighted by Gasteiger charge is -2.32. The minimum atomic E-state index is 0.0288. The van der Waals surface area contributed by atoms with E-state index in [0.29, 0.717) is 18.0 Å². The van der Waals surface area contributed by atoms with Crippen molar-refractivity contribution in [1.82, 2.24) is 4.90 Å². The number of hydrogen-bond acceptors (Lipinski definition) is 4. The van der Waals surface area contributed by atoms with Gasteiger partial charge in [-0.25, -0.2) is 0 Å². The third kappa shape index (κ3) is 5.25. The topological polar surface area (TPSA) is 63.4 Å². The number of aromatic hydroxyl groups is 1. The Kier molecular flexibility index (Phi) is 7.57. The minimum absolute atomic E-state index is 0.0288. The van der Waals surface area contributed by atoms with E-state index in [1.807, 2.05) is 42.2 Å². The Bertz CT molecular complexity index is 807. The summed E-state index contributed by atoms with van der Waals surface area (Å²) in [4.78, 5) is 16.5. The summed E-state index contributed by atoms with van der Waals surface area (Å²) in [5.74, 6) is 1.25. The second kappa shape index (κ2) is 10.3. The maximum Gasteiger partial charge on any atom is 0.226 e. The van der Waals surface area contributed by atoms with Crippen molar-refractivity contribution in [1.29, 1.82) is 0 Å². The van der Waals surface area contributed by atoms with Gasteiger partial charge in [0.15, 0.2) is 11.5 Å². The molecule has 0 unspecified atom stereocenters. The summed E-state index contributed by atoms with van der Waals surface area (Å²) in [5.41, 5.74) is 2.23. The average Bonchev–Trinajstić information content (AvgIpc) is 2.79. The minimum Gasteiger partial charge on any atom is -0.502 e. The van der Waals surface area contributed by atoms with Crippen molar-refractivity contribution in [2.45, 2.75) is 32.9 Å². The molecular weight excluding hydrogens is 380 g/mol. The van der Waals surface area contributed by atoms with Gasteiger partial charge < -0.3 is 24.4 Å². The molecule has 6 heteroatoms. The standard InChI is InChI=1S/C24H32N2O4/c1-4-26(17-18-8-6-5-7-9-18)24(28)20-10-12-25(13-11-20)16-19-14-21(29-2)23(27)22(15-19)30-3/h5-9,14-15,20,27H,4,10-13,16-17H2,1-3H3/p+1. The van der Waals surface area contributed by atoms with Gasteiger partial charge in [0.2, 0.25) is 11.7 Å². The molecule has 1 aliphatic heterocycles. The van der Waals surface area contributed by atoms with Crippen LogP contribution in [-0.4, -0.2) is 49.8 Å². The fourth-order valence-electron chi connectivity index (χ4n) is 4.20. The van der Waals surface area contributed by atoms with Gasteiger partial charge in [-0.05, 0) is 24.6 Å². The van der Waals surface area contributed by atoms with Gasteiger partial charge in [-0.3, -0.25) is 4.79 Å². The van der Waals surface area contributed by atoms with Crippen LogP contribution in [-0.2, 0) is 17.9 Å². The van der Waals surface area contributed by atoms with Crippen molar-refractivity contribution in [3.05, 3.63) is 53.6 Å². The molecule has 1 amide bonds. The Labute approximate surface area is 179 Å². The van der Waals surface area contributed by atoms with Gasteiger partial charge in [0, 0.05) is 37.4 Å². The monoisotopic (exact) mass is 413 g/mol. The number of rotatable bonds is 8.